The molecule has 2 aromatic carbocycles. The summed E-state index contributed by atoms with van der Waals surface area (Å²) in [5, 5.41) is 11.0. The number of carbonyl (C=O) groups is 2. The van der Waals surface area contributed by atoms with Gasteiger partial charge in [0.15, 0.2) is 10.1 Å². The van der Waals surface area contributed by atoms with Crippen molar-refractivity contribution in [2.75, 3.05) is 11.1 Å². The van der Waals surface area contributed by atoms with E-state index in [0.29, 0.717) is 15.0 Å². The fourth-order valence-corrected chi connectivity index (χ4v) is 3.69. The maximum Gasteiger partial charge on any atom is 0.250 e. The lowest BCUT2D eigenvalue weighted by molar-refractivity contribution is -0.111. The third-order valence-electron chi connectivity index (χ3n) is 3.29. The van der Waals surface area contributed by atoms with E-state index in [4.69, 9.17) is 0 Å². The van der Waals surface area contributed by atoms with Crippen molar-refractivity contribution in [3.8, 4) is 0 Å². The van der Waals surface area contributed by atoms with E-state index in [0.717, 1.165) is 5.56 Å². The fourth-order valence-electron chi connectivity index (χ4n) is 2.04. The predicted molar refractivity (Wildman–Crippen MR) is 106 cm³/mol. The number of amides is 1. The number of ketones is 1. The molecule has 0 fully saturated rings. The maximum absolute atomic E-state index is 12.1. The number of nitrogens with zero attached hydrogens (tertiary/aromatic N) is 2. The van der Waals surface area contributed by atoms with Gasteiger partial charge in [-0.2, -0.15) is 0 Å². The third kappa shape index (κ3) is 5.37. The second-order valence-electron chi connectivity index (χ2n) is 5.18. The average Bonchev–Trinajstić information content (AvgIpc) is 3.13. The normalized spacial score (nSPS) is 10.8. The van der Waals surface area contributed by atoms with E-state index in [1.165, 1.54) is 29.2 Å². The molecular weight excluding hydrogens is 366 g/mol. The van der Waals surface area contributed by atoms with Gasteiger partial charge in [-0.05, 0) is 11.6 Å². The molecule has 1 amide bonds. The Bertz CT molecular complexity index is 909. The molecule has 1 N–H and O–H groups in total. The van der Waals surface area contributed by atoms with E-state index in [9.17, 15) is 9.59 Å². The van der Waals surface area contributed by atoms with Crippen LogP contribution >= 0.6 is 23.1 Å². The van der Waals surface area contributed by atoms with Gasteiger partial charge in [0.2, 0.25) is 11.0 Å². The summed E-state index contributed by atoms with van der Waals surface area (Å²) in [4.78, 5) is 24.0. The van der Waals surface area contributed by atoms with Gasteiger partial charge in [-0.1, -0.05) is 83.8 Å². The Balaban J connectivity index is 1.50. The van der Waals surface area contributed by atoms with Crippen molar-refractivity contribution in [3.63, 3.8) is 0 Å². The van der Waals surface area contributed by atoms with Crippen LogP contribution in [0.15, 0.2) is 71.1 Å². The summed E-state index contributed by atoms with van der Waals surface area (Å²) >= 11 is 2.55. The van der Waals surface area contributed by atoms with Gasteiger partial charge in [-0.25, -0.2) is 0 Å². The summed E-state index contributed by atoms with van der Waals surface area (Å²) in [7, 11) is 0. The summed E-state index contributed by atoms with van der Waals surface area (Å²) in [6.07, 6.45) is 3.17. The smallest absolute Gasteiger partial charge is 0.250 e. The molecule has 130 valence electrons. The van der Waals surface area contributed by atoms with E-state index < -0.39 is 0 Å². The van der Waals surface area contributed by atoms with Crippen molar-refractivity contribution in [1.82, 2.24) is 10.2 Å². The van der Waals surface area contributed by atoms with E-state index in [1.54, 1.807) is 18.2 Å². The van der Waals surface area contributed by atoms with Gasteiger partial charge < -0.3 is 0 Å². The Kier molecular flexibility index (Phi) is 6.29. The zero-order valence-electron chi connectivity index (χ0n) is 13.7. The van der Waals surface area contributed by atoms with Crippen LogP contribution in [0.25, 0.3) is 6.08 Å². The molecule has 0 bridgehead atoms. The molecular formula is C19H15N3O2S2. The van der Waals surface area contributed by atoms with Crippen molar-refractivity contribution in [2.24, 2.45) is 0 Å². The predicted octanol–water partition coefficient (Wildman–Crippen LogP) is 4.17. The highest BCUT2D eigenvalue weighted by Crippen LogP contribution is 2.26. The number of anilines is 1. The summed E-state index contributed by atoms with van der Waals surface area (Å²) in [6.45, 7) is 0. The molecule has 5 nitrogen and oxygen atoms in total. The van der Waals surface area contributed by atoms with Gasteiger partial charge in [0.05, 0.1) is 5.75 Å². The van der Waals surface area contributed by atoms with Gasteiger partial charge >= 0.3 is 0 Å². The van der Waals surface area contributed by atoms with Crippen molar-refractivity contribution in [1.29, 1.82) is 0 Å². The molecule has 3 rings (SSSR count). The van der Waals surface area contributed by atoms with Crippen LogP contribution < -0.4 is 5.32 Å². The lowest BCUT2D eigenvalue weighted by Gasteiger charge is -1.98. The van der Waals surface area contributed by atoms with E-state index in [-0.39, 0.29) is 17.4 Å². The Morgan fingerprint density at radius 3 is 2.42 bits per heavy atom. The molecule has 0 unspecified atom stereocenters. The molecule has 0 spiro atoms. The number of Topliss-reactive ketones (excluding diaryl/α,β-unsaturated/α-hetero) is 1. The average molecular weight is 381 g/mol. The van der Waals surface area contributed by atoms with Crippen molar-refractivity contribution < 1.29 is 9.59 Å². The molecule has 0 aliphatic carbocycles. The topological polar surface area (TPSA) is 72.0 Å². The summed E-state index contributed by atoms with van der Waals surface area (Å²) in [5.41, 5.74) is 1.61. The number of aromatic nitrogens is 2. The van der Waals surface area contributed by atoms with Gasteiger partial charge in [0.25, 0.3) is 0 Å². The largest absolute Gasteiger partial charge is 0.297 e. The van der Waals surface area contributed by atoms with Gasteiger partial charge in [-0.3, -0.25) is 14.9 Å². The van der Waals surface area contributed by atoms with E-state index in [1.807, 2.05) is 48.5 Å². The monoisotopic (exact) mass is 381 g/mol. The van der Waals surface area contributed by atoms with E-state index >= 15 is 0 Å². The maximum atomic E-state index is 12.1. The second kappa shape index (κ2) is 9.07. The minimum absolute atomic E-state index is 0.0298. The van der Waals surface area contributed by atoms with Gasteiger partial charge in [0.1, 0.15) is 0 Å². The third-order valence-corrected chi connectivity index (χ3v) is 5.26. The zero-order valence-corrected chi connectivity index (χ0v) is 15.3. The lowest BCUT2D eigenvalue weighted by atomic mass is 10.2. The first-order valence-electron chi connectivity index (χ1n) is 7.79. The number of nitrogens with one attached hydrogen (secondary N) is 1. The number of benzene rings is 2. The van der Waals surface area contributed by atoms with E-state index in [2.05, 4.69) is 15.5 Å². The standard InChI is InChI=1S/C19H15N3O2S2/c23-16(15-9-5-2-6-10-15)13-25-19-22-21-18(26-19)20-17(24)12-11-14-7-3-1-4-8-14/h1-12H,13H2,(H,20,21,24)/b12-11+. The molecule has 26 heavy (non-hydrogen) atoms. The molecule has 0 atom stereocenters. The van der Waals surface area contributed by atoms with Gasteiger partial charge in [-0.15, -0.1) is 10.2 Å². The highest BCUT2D eigenvalue weighted by molar-refractivity contribution is 8.01. The first kappa shape index (κ1) is 18.0. The van der Waals surface area contributed by atoms with Crippen LogP contribution in [0.4, 0.5) is 5.13 Å². The minimum atomic E-state index is -0.276. The highest BCUT2D eigenvalue weighted by Gasteiger charge is 2.10. The van der Waals surface area contributed by atoms with Crippen molar-refractivity contribution in [3.05, 3.63) is 77.9 Å². The molecule has 0 aliphatic heterocycles. The molecule has 3 aromatic rings. The molecule has 0 radical (unpaired) electrons. The molecule has 1 aromatic heterocycles. The van der Waals surface area contributed by atoms with Crippen LogP contribution in [0.3, 0.4) is 0 Å². The van der Waals surface area contributed by atoms with Crippen LogP contribution in [-0.4, -0.2) is 27.6 Å². The van der Waals surface area contributed by atoms with Crippen molar-refractivity contribution >= 4 is 46.0 Å². The summed E-state index contributed by atoms with van der Waals surface area (Å²) < 4.78 is 0.636. The molecule has 0 saturated heterocycles. The zero-order chi connectivity index (χ0) is 18.2. The number of hydrogen-bond donors (Lipinski definition) is 1. The Hall–Kier alpha value is -2.77. The van der Waals surface area contributed by atoms with Crippen LogP contribution in [-0.2, 0) is 4.79 Å². The highest BCUT2D eigenvalue weighted by atomic mass is 32.2. The number of rotatable bonds is 7. The molecule has 0 saturated carbocycles. The SMILES string of the molecule is O=C(/C=C/c1ccccc1)Nc1nnc(SCC(=O)c2ccccc2)s1. The fraction of sp³-hybridized carbons (Fsp3) is 0.0526. The van der Waals surface area contributed by atoms with Crippen LogP contribution in [0, 0.1) is 0 Å². The van der Waals surface area contributed by atoms with Crippen LogP contribution in [0.5, 0.6) is 0 Å². The molecule has 1 heterocycles. The minimum Gasteiger partial charge on any atom is -0.297 e. The Morgan fingerprint density at radius 2 is 1.69 bits per heavy atom. The van der Waals surface area contributed by atoms with Crippen molar-refractivity contribution in [2.45, 2.75) is 4.34 Å². The lowest BCUT2D eigenvalue weighted by Crippen LogP contribution is -2.07. The Labute approximate surface area is 159 Å². The summed E-state index contributed by atoms with van der Waals surface area (Å²) in [5.74, 6) is 0.0321. The van der Waals surface area contributed by atoms with Crippen LogP contribution in [0.1, 0.15) is 15.9 Å². The first-order chi connectivity index (χ1) is 12.7. The number of hydrogen-bond acceptors (Lipinski definition) is 6. The van der Waals surface area contributed by atoms with Gasteiger partial charge in [0, 0.05) is 11.6 Å². The number of carbonyl (C=O) groups excluding carboxylic acids is 2. The molecule has 0 aliphatic rings. The van der Waals surface area contributed by atoms with Crippen LogP contribution in [0.2, 0.25) is 0 Å². The quantitative estimate of drug-likeness (QED) is 0.288. The first-order valence-corrected chi connectivity index (χ1v) is 9.59. The second-order valence-corrected chi connectivity index (χ2v) is 7.38. The summed E-state index contributed by atoms with van der Waals surface area (Å²) in [6, 6.07) is 18.7. The number of thioether (sulfide) groups is 1. The molecule has 7 heteroatoms. The Morgan fingerprint density at radius 1 is 1.00 bits per heavy atom.